The predicted octanol–water partition coefficient (Wildman–Crippen LogP) is 4.81. The molecule has 0 bridgehead atoms. The first-order valence-corrected chi connectivity index (χ1v) is 8.75. The number of aliphatic hydroxyl groups excluding tert-OH is 1. The minimum Gasteiger partial charge on any atom is -0.488 e. The Hall–Kier alpha value is -0.780. The van der Waals surface area contributed by atoms with E-state index in [0.717, 1.165) is 21.3 Å². The SMILES string of the molecule is CC(O)CNCc1cc(Br)ccc1OCc1c(Cl)cccc1Cl. The van der Waals surface area contributed by atoms with Crippen molar-refractivity contribution in [2.45, 2.75) is 26.2 Å². The van der Waals surface area contributed by atoms with Gasteiger partial charge < -0.3 is 15.2 Å². The second-order valence-electron chi connectivity index (χ2n) is 5.22. The van der Waals surface area contributed by atoms with Crippen LogP contribution in [0.5, 0.6) is 5.75 Å². The Morgan fingerprint density at radius 3 is 2.57 bits per heavy atom. The maximum Gasteiger partial charge on any atom is 0.124 e. The van der Waals surface area contributed by atoms with Crippen molar-refractivity contribution in [2.75, 3.05) is 6.54 Å². The summed E-state index contributed by atoms with van der Waals surface area (Å²) < 4.78 is 6.87. The minimum absolute atomic E-state index is 0.295. The molecule has 0 aromatic heterocycles. The molecule has 0 amide bonds. The lowest BCUT2D eigenvalue weighted by Crippen LogP contribution is -2.24. The van der Waals surface area contributed by atoms with E-state index in [-0.39, 0.29) is 0 Å². The molecule has 2 N–H and O–H groups in total. The van der Waals surface area contributed by atoms with Crippen LogP contribution in [0.25, 0.3) is 0 Å². The summed E-state index contributed by atoms with van der Waals surface area (Å²) in [6.07, 6.45) is -0.395. The molecule has 0 saturated carbocycles. The van der Waals surface area contributed by atoms with Crippen LogP contribution in [-0.4, -0.2) is 17.8 Å². The van der Waals surface area contributed by atoms with Gasteiger partial charge in [0.05, 0.1) is 6.10 Å². The van der Waals surface area contributed by atoms with Crippen molar-refractivity contribution in [3.8, 4) is 5.75 Å². The molecule has 0 aliphatic heterocycles. The normalized spacial score (nSPS) is 12.2. The van der Waals surface area contributed by atoms with Crippen LogP contribution >= 0.6 is 39.1 Å². The molecule has 2 aromatic carbocycles. The molecule has 2 aromatic rings. The number of aliphatic hydroxyl groups is 1. The molecule has 3 nitrogen and oxygen atoms in total. The summed E-state index contributed by atoms with van der Waals surface area (Å²) in [5, 5.41) is 13.7. The van der Waals surface area contributed by atoms with E-state index in [1.807, 2.05) is 18.2 Å². The van der Waals surface area contributed by atoms with Crippen molar-refractivity contribution in [1.82, 2.24) is 5.32 Å². The van der Waals surface area contributed by atoms with E-state index >= 15 is 0 Å². The molecule has 0 spiro atoms. The molecule has 0 saturated heterocycles. The highest BCUT2D eigenvalue weighted by atomic mass is 79.9. The third kappa shape index (κ3) is 5.66. The first-order chi connectivity index (χ1) is 11.0. The van der Waals surface area contributed by atoms with Gasteiger partial charge in [-0.25, -0.2) is 0 Å². The molecule has 23 heavy (non-hydrogen) atoms. The van der Waals surface area contributed by atoms with Crippen LogP contribution in [0.1, 0.15) is 18.1 Å². The fourth-order valence-corrected chi connectivity index (χ4v) is 2.98. The molecule has 6 heteroatoms. The van der Waals surface area contributed by atoms with Gasteiger partial charge in [0.1, 0.15) is 12.4 Å². The van der Waals surface area contributed by atoms with Crippen LogP contribution in [0.15, 0.2) is 40.9 Å². The lowest BCUT2D eigenvalue weighted by Gasteiger charge is -2.14. The predicted molar refractivity (Wildman–Crippen MR) is 98.3 cm³/mol. The zero-order chi connectivity index (χ0) is 16.8. The average Bonchev–Trinajstić information content (AvgIpc) is 2.48. The maximum atomic E-state index is 9.34. The monoisotopic (exact) mass is 417 g/mol. The zero-order valence-electron chi connectivity index (χ0n) is 12.7. The molecule has 0 aliphatic carbocycles. The van der Waals surface area contributed by atoms with E-state index in [2.05, 4.69) is 21.2 Å². The lowest BCUT2D eigenvalue weighted by atomic mass is 10.2. The van der Waals surface area contributed by atoms with Crippen molar-refractivity contribution >= 4 is 39.1 Å². The first kappa shape index (κ1) is 18.6. The molecular weight excluding hydrogens is 401 g/mol. The van der Waals surface area contributed by atoms with Crippen molar-refractivity contribution in [3.05, 3.63) is 62.0 Å². The lowest BCUT2D eigenvalue weighted by molar-refractivity contribution is 0.190. The molecule has 0 aliphatic rings. The van der Waals surface area contributed by atoms with Gasteiger partial charge in [0.15, 0.2) is 0 Å². The van der Waals surface area contributed by atoms with Crippen molar-refractivity contribution < 1.29 is 9.84 Å². The number of hydrogen-bond donors (Lipinski definition) is 2. The molecular formula is C17H18BrCl2NO2. The number of benzene rings is 2. The van der Waals surface area contributed by atoms with Gasteiger partial charge in [-0.1, -0.05) is 45.2 Å². The standard InChI is InChI=1S/C17H18BrCl2NO2/c1-11(22)8-21-9-12-7-13(18)5-6-17(12)23-10-14-15(19)3-2-4-16(14)20/h2-7,11,21-22H,8-10H2,1H3. The Bertz CT molecular complexity index is 645. The summed E-state index contributed by atoms with van der Waals surface area (Å²) in [7, 11) is 0. The van der Waals surface area contributed by atoms with Gasteiger partial charge >= 0.3 is 0 Å². The summed E-state index contributed by atoms with van der Waals surface area (Å²) >= 11 is 15.8. The van der Waals surface area contributed by atoms with Gasteiger partial charge in [0.25, 0.3) is 0 Å². The quantitative estimate of drug-likeness (QED) is 0.678. The second kappa shape index (κ2) is 8.90. The Labute approximate surface area is 154 Å². The number of nitrogens with one attached hydrogen (secondary N) is 1. The van der Waals surface area contributed by atoms with Crippen molar-refractivity contribution in [3.63, 3.8) is 0 Å². The molecule has 0 radical (unpaired) electrons. The highest BCUT2D eigenvalue weighted by Crippen LogP contribution is 2.28. The fourth-order valence-electron chi connectivity index (χ4n) is 2.06. The second-order valence-corrected chi connectivity index (χ2v) is 6.95. The Morgan fingerprint density at radius 1 is 1.22 bits per heavy atom. The first-order valence-electron chi connectivity index (χ1n) is 7.20. The van der Waals surface area contributed by atoms with Crippen LogP contribution in [0.4, 0.5) is 0 Å². The van der Waals surface area contributed by atoms with Gasteiger partial charge in [0, 0.05) is 38.7 Å². The van der Waals surface area contributed by atoms with Crippen LogP contribution < -0.4 is 10.1 Å². The van der Waals surface area contributed by atoms with Crippen LogP contribution in [0, 0.1) is 0 Å². The van der Waals surface area contributed by atoms with Gasteiger partial charge in [-0.2, -0.15) is 0 Å². The van der Waals surface area contributed by atoms with Gasteiger partial charge in [0.2, 0.25) is 0 Å². The highest BCUT2D eigenvalue weighted by Gasteiger charge is 2.09. The van der Waals surface area contributed by atoms with Crippen LogP contribution in [0.2, 0.25) is 10.0 Å². The maximum absolute atomic E-state index is 9.34. The number of halogens is 3. The molecule has 1 atom stereocenters. The van der Waals surface area contributed by atoms with Gasteiger partial charge in [-0.15, -0.1) is 0 Å². The van der Waals surface area contributed by atoms with E-state index < -0.39 is 6.10 Å². The van der Waals surface area contributed by atoms with Gasteiger partial charge in [-0.3, -0.25) is 0 Å². The molecule has 2 rings (SSSR count). The van der Waals surface area contributed by atoms with E-state index in [9.17, 15) is 5.11 Å². The average molecular weight is 419 g/mol. The third-order valence-corrected chi connectivity index (χ3v) is 4.41. The van der Waals surface area contributed by atoms with E-state index in [1.54, 1.807) is 25.1 Å². The van der Waals surface area contributed by atoms with Gasteiger partial charge in [-0.05, 0) is 37.3 Å². The molecule has 1 unspecified atom stereocenters. The van der Waals surface area contributed by atoms with Crippen molar-refractivity contribution in [2.24, 2.45) is 0 Å². The van der Waals surface area contributed by atoms with E-state index in [0.29, 0.717) is 29.7 Å². The smallest absolute Gasteiger partial charge is 0.124 e. The Morgan fingerprint density at radius 2 is 1.91 bits per heavy atom. The number of ether oxygens (including phenoxy) is 1. The summed E-state index contributed by atoms with van der Waals surface area (Å²) in [6, 6.07) is 11.2. The van der Waals surface area contributed by atoms with E-state index in [1.165, 1.54) is 0 Å². The summed E-state index contributed by atoms with van der Waals surface area (Å²) in [5.74, 6) is 0.752. The highest BCUT2D eigenvalue weighted by molar-refractivity contribution is 9.10. The van der Waals surface area contributed by atoms with Crippen LogP contribution in [-0.2, 0) is 13.2 Å². The molecule has 0 heterocycles. The Balaban J connectivity index is 2.10. The zero-order valence-corrected chi connectivity index (χ0v) is 15.7. The largest absolute Gasteiger partial charge is 0.488 e. The summed E-state index contributed by atoms with van der Waals surface area (Å²) in [4.78, 5) is 0. The molecule has 124 valence electrons. The van der Waals surface area contributed by atoms with E-state index in [4.69, 9.17) is 27.9 Å². The third-order valence-electron chi connectivity index (χ3n) is 3.21. The fraction of sp³-hybridized carbons (Fsp3) is 0.294. The summed E-state index contributed by atoms with van der Waals surface area (Å²) in [6.45, 7) is 3.15. The minimum atomic E-state index is -0.395. The molecule has 0 fully saturated rings. The summed E-state index contributed by atoms with van der Waals surface area (Å²) in [5.41, 5.74) is 1.75. The van der Waals surface area contributed by atoms with Crippen LogP contribution in [0.3, 0.4) is 0 Å². The topological polar surface area (TPSA) is 41.5 Å². The number of rotatable bonds is 7. The Kier molecular flexibility index (Phi) is 7.18. The van der Waals surface area contributed by atoms with Crippen molar-refractivity contribution in [1.29, 1.82) is 0 Å². The number of hydrogen-bond acceptors (Lipinski definition) is 3.